The minimum atomic E-state index is -1.20. The number of hydrogen-bond donors (Lipinski definition) is 2. The number of benzene rings is 1. The molecular formula is C15H14N4O5. The van der Waals surface area contributed by atoms with Gasteiger partial charge < -0.3 is 10.4 Å². The largest absolute Gasteiger partial charge is 0.480 e. The van der Waals surface area contributed by atoms with Gasteiger partial charge in [-0.05, 0) is 37.5 Å². The molecule has 0 bridgehead atoms. The summed E-state index contributed by atoms with van der Waals surface area (Å²) < 4.78 is 1.40. The molecule has 1 saturated carbocycles. The molecule has 1 heterocycles. The van der Waals surface area contributed by atoms with Crippen LogP contribution in [0.25, 0.3) is 5.69 Å². The molecule has 0 atom stereocenters. The molecule has 1 fully saturated rings. The first kappa shape index (κ1) is 15.7. The number of carbonyl (C=O) groups excluding carboxylic acids is 1. The van der Waals surface area contributed by atoms with E-state index in [0.29, 0.717) is 18.5 Å². The monoisotopic (exact) mass is 330 g/mol. The molecule has 9 heteroatoms. The first-order valence-electron chi connectivity index (χ1n) is 7.28. The summed E-state index contributed by atoms with van der Waals surface area (Å²) >= 11 is 0. The molecule has 2 N–H and O–H groups in total. The average Bonchev–Trinajstić information content (AvgIpc) is 3.00. The van der Waals surface area contributed by atoms with Crippen LogP contribution in [0.15, 0.2) is 36.5 Å². The number of carboxylic acids is 1. The van der Waals surface area contributed by atoms with Gasteiger partial charge >= 0.3 is 5.97 Å². The molecule has 0 saturated heterocycles. The van der Waals surface area contributed by atoms with Crippen LogP contribution < -0.4 is 5.32 Å². The predicted molar refractivity (Wildman–Crippen MR) is 81.9 cm³/mol. The number of amides is 1. The Morgan fingerprint density at radius 3 is 2.42 bits per heavy atom. The second kappa shape index (κ2) is 5.76. The van der Waals surface area contributed by atoms with Crippen molar-refractivity contribution in [2.24, 2.45) is 0 Å². The van der Waals surface area contributed by atoms with Gasteiger partial charge in [-0.15, -0.1) is 0 Å². The maximum absolute atomic E-state index is 12.2. The van der Waals surface area contributed by atoms with Gasteiger partial charge in [-0.3, -0.25) is 14.9 Å². The zero-order chi connectivity index (χ0) is 17.3. The zero-order valence-electron chi connectivity index (χ0n) is 12.5. The Hall–Kier alpha value is -3.23. The van der Waals surface area contributed by atoms with Crippen molar-refractivity contribution < 1.29 is 19.6 Å². The van der Waals surface area contributed by atoms with Gasteiger partial charge in [-0.2, -0.15) is 5.10 Å². The number of aliphatic carboxylic acids is 1. The van der Waals surface area contributed by atoms with Crippen LogP contribution in [0.3, 0.4) is 0 Å². The first-order valence-corrected chi connectivity index (χ1v) is 7.28. The van der Waals surface area contributed by atoms with Crippen molar-refractivity contribution >= 4 is 17.6 Å². The summed E-state index contributed by atoms with van der Waals surface area (Å²) in [5, 5.41) is 26.5. The lowest BCUT2D eigenvalue weighted by molar-refractivity contribution is -0.384. The summed E-state index contributed by atoms with van der Waals surface area (Å²) in [5.41, 5.74) is -0.608. The summed E-state index contributed by atoms with van der Waals surface area (Å²) in [5.74, 6) is -1.60. The second-order valence-corrected chi connectivity index (χ2v) is 5.61. The van der Waals surface area contributed by atoms with Gasteiger partial charge in [0.1, 0.15) is 5.54 Å². The van der Waals surface area contributed by atoms with E-state index in [0.717, 1.165) is 6.42 Å². The third-order valence-corrected chi connectivity index (χ3v) is 4.12. The fourth-order valence-corrected chi connectivity index (χ4v) is 2.52. The van der Waals surface area contributed by atoms with E-state index in [1.807, 2.05) is 0 Å². The van der Waals surface area contributed by atoms with Gasteiger partial charge in [0.15, 0.2) is 5.69 Å². The average molecular weight is 330 g/mol. The molecule has 1 aliphatic rings. The van der Waals surface area contributed by atoms with Crippen LogP contribution in [0.4, 0.5) is 5.69 Å². The van der Waals surface area contributed by atoms with Crippen molar-refractivity contribution in [1.29, 1.82) is 0 Å². The first-order chi connectivity index (χ1) is 11.4. The Bertz CT molecular complexity index is 808. The fraction of sp³-hybridized carbons (Fsp3) is 0.267. The summed E-state index contributed by atoms with van der Waals surface area (Å²) in [4.78, 5) is 33.6. The van der Waals surface area contributed by atoms with Crippen molar-refractivity contribution in [1.82, 2.24) is 15.1 Å². The normalized spacial score (nSPS) is 15.3. The van der Waals surface area contributed by atoms with Crippen LogP contribution in [-0.4, -0.2) is 37.2 Å². The van der Waals surface area contributed by atoms with Crippen molar-refractivity contribution in [3.05, 3.63) is 52.3 Å². The highest BCUT2D eigenvalue weighted by Gasteiger charge is 2.46. The van der Waals surface area contributed by atoms with E-state index in [1.54, 1.807) is 0 Å². The van der Waals surface area contributed by atoms with E-state index in [2.05, 4.69) is 10.4 Å². The number of carbonyl (C=O) groups is 2. The van der Waals surface area contributed by atoms with E-state index < -0.39 is 22.3 Å². The molecule has 0 unspecified atom stereocenters. The smallest absolute Gasteiger partial charge is 0.329 e. The molecule has 24 heavy (non-hydrogen) atoms. The Morgan fingerprint density at radius 2 is 1.92 bits per heavy atom. The van der Waals surface area contributed by atoms with Crippen LogP contribution in [0.5, 0.6) is 0 Å². The van der Waals surface area contributed by atoms with Crippen molar-refractivity contribution in [3.63, 3.8) is 0 Å². The third kappa shape index (κ3) is 2.71. The molecule has 1 aromatic carbocycles. The molecule has 2 aromatic rings. The Kier molecular flexibility index (Phi) is 3.76. The molecular weight excluding hydrogens is 316 g/mol. The van der Waals surface area contributed by atoms with E-state index >= 15 is 0 Å². The number of aromatic nitrogens is 2. The number of hydrogen-bond acceptors (Lipinski definition) is 5. The highest BCUT2D eigenvalue weighted by Crippen LogP contribution is 2.32. The van der Waals surface area contributed by atoms with Crippen molar-refractivity contribution in [2.45, 2.75) is 24.8 Å². The number of nitrogens with one attached hydrogen (secondary N) is 1. The quantitative estimate of drug-likeness (QED) is 0.632. The zero-order valence-corrected chi connectivity index (χ0v) is 12.5. The molecule has 9 nitrogen and oxygen atoms in total. The molecule has 1 aliphatic carbocycles. The number of carboxylic acid groups (broad SMARTS) is 1. The highest BCUT2D eigenvalue weighted by molar-refractivity contribution is 5.96. The molecule has 3 rings (SSSR count). The number of nitrogens with zero attached hydrogens (tertiary/aromatic N) is 3. The van der Waals surface area contributed by atoms with Gasteiger partial charge in [0.25, 0.3) is 11.6 Å². The van der Waals surface area contributed by atoms with Crippen molar-refractivity contribution in [3.8, 4) is 5.69 Å². The van der Waals surface area contributed by atoms with Gasteiger partial charge in [0.05, 0.1) is 10.6 Å². The topological polar surface area (TPSA) is 127 Å². The fourth-order valence-electron chi connectivity index (χ4n) is 2.52. The molecule has 0 spiro atoms. The van der Waals surface area contributed by atoms with Crippen LogP contribution in [-0.2, 0) is 4.79 Å². The van der Waals surface area contributed by atoms with Crippen LogP contribution in [0.2, 0.25) is 0 Å². The summed E-state index contributed by atoms with van der Waals surface area (Å²) in [6, 6.07) is 7.16. The maximum atomic E-state index is 12.2. The molecule has 0 radical (unpaired) electrons. The van der Waals surface area contributed by atoms with Crippen molar-refractivity contribution in [2.75, 3.05) is 0 Å². The standard InChI is InChI=1S/C15H14N4O5/c20-13(16-15(14(21)22)7-1-8-15)12-6-9-18(17-12)10-2-4-11(5-3-10)19(23)24/h2-6,9H,1,7-8H2,(H,16,20)(H,21,22). The maximum Gasteiger partial charge on any atom is 0.329 e. The lowest BCUT2D eigenvalue weighted by atomic mass is 9.76. The van der Waals surface area contributed by atoms with E-state index in [9.17, 15) is 24.8 Å². The molecule has 0 aliphatic heterocycles. The highest BCUT2D eigenvalue weighted by atomic mass is 16.6. The number of nitro groups is 1. The van der Waals surface area contributed by atoms with Gasteiger partial charge in [0.2, 0.25) is 0 Å². The summed E-state index contributed by atoms with van der Waals surface area (Å²) in [7, 11) is 0. The van der Waals surface area contributed by atoms with Crippen LogP contribution in [0, 0.1) is 10.1 Å². The van der Waals surface area contributed by atoms with E-state index in [1.165, 1.54) is 41.2 Å². The van der Waals surface area contributed by atoms with Gasteiger partial charge in [0, 0.05) is 18.3 Å². The molecule has 1 amide bonds. The second-order valence-electron chi connectivity index (χ2n) is 5.61. The molecule has 124 valence electrons. The number of rotatable bonds is 5. The Morgan fingerprint density at radius 1 is 1.25 bits per heavy atom. The minimum Gasteiger partial charge on any atom is -0.480 e. The van der Waals surface area contributed by atoms with E-state index in [-0.39, 0.29) is 11.4 Å². The molecule has 1 aromatic heterocycles. The summed E-state index contributed by atoms with van der Waals surface area (Å²) in [6.45, 7) is 0. The SMILES string of the molecule is O=C(NC1(C(=O)O)CCC1)c1ccn(-c2ccc([N+](=O)[O-])cc2)n1. The number of nitro benzene ring substituents is 1. The minimum absolute atomic E-state index is 0.0442. The van der Waals surface area contributed by atoms with E-state index in [4.69, 9.17) is 0 Å². The predicted octanol–water partition coefficient (Wildman–Crippen LogP) is 1.52. The summed E-state index contributed by atoms with van der Waals surface area (Å²) in [6.07, 6.45) is 3.09. The lowest BCUT2D eigenvalue weighted by Gasteiger charge is -2.37. The lowest BCUT2D eigenvalue weighted by Crippen LogP contribution is -2.59. The van der Waals surface area contributed by atoms with Crippen LogP contribution in [0.1, 0.15) is 29.8 Å². The number of non-ortho nitro benzene ring substituents is 1. The Balaban J connectivity index is 1.76. The van der Waals surface area contributed by atoms with Gasteiger partial charge in [-0.1, -0.05) is 0 Å². The van der Waals surface area contributed by atoms with Crippen LogP contribution >= 0.6 is 0 Å². The van der Waals surface area contributed by atoms with Gasteiger partial charge in [-0.25, -0.2) is 9.48 Å². The Labute approximate surface area is 136 Å². The third-order valence-electron chi connectivity index (χ3n) is 4.12.